The van der Waals surface area contributed by atoms with E-state index in [1.807, 2.05) is 6.92 Å². The van der Waals surface area contributed by atoms with E-state index in [9.17, 15) is 9.50 Å². The first-order chi connectivity index (χ1) is 8.72. The molecule has 1 fully saturated rings. The molecule has 0 aromatic heterocycles. The number of hydrogen-bond donors (Lipinski definition) is 2. The van der Waals surface area contributed by atoms with Crippen LogP contribution in [0.3, 0.4) is 0 Å². The minimum Gasteiger partial charge on any atom is -0.491 e. The Morgan fingerprint density at radius 1 is 1.56 bits per heavy atom. The van der Waals surface area contributed by atoms with Gasteiger partial charge in [-0.1, -0.05) is 6.07 Å². The van der Waals surface area contributed by atoms with E-state index in [0.717, 1.165) is 25.9 Å². The molecule has 18 heavy (non-hydrogen) atoms. The number of hydrogen-bond acceptors (Lipinski definition) is 3. The fourth-order valence-corrected chi connectivity index (χ4v) is 2.39. The summed E-state index contributed by atoms with van der Waals surface area (Å²) in [4.78, 5) is 0. The summed E-state index contributed by atoms with van der Waals surface area (Å²) in [6, 6.07) is 4.71. The molecule has 0 bridgehead atoms. The number of piperidine rings is 1. The summed E-state index contributed by atoms with van der Waals surface area (Å²) >= 11 is 0. The van der Waals surface area contributed by atoms with E-state index >= 15 is 0 Å². The summed E-state index contributed by atoms with van der Waals surface area (Å²) in [5, 5.41) is 13.5. The minimum absolute atomic E-state index is 0.163. The first-order valence-corrected chi connectivity index (χ1v) is 6.53. The van der Waals surface area contributed by atoms with Gasteiger partial charge in [0, 0.05) is 12.5 Å². The quantitative estimate of drug-likeness (QED) is 0.865. The lowest BCUT2D eigenvalue weighted by Gasteiger charge is -2.27. The highest BCUT2D eigenvalue weighted by atomic mass is 19.1. The summed E-state index contributed by atoms with van der Waals surface area (Å²) in [5.74, 6) is 0.00322. The van der Waals surface area contributed by atoms with Crippen molar-refractivity contribution in [3.8, 4) is 5.75 Å². The highest BCUT2D eigenvalue weighted by Crippen LogP contribution is 2.29. The van der Waals surface area contributed by atoms with Crippen molar-refractivity contribution in [1.29, 1.82) is 0 Å². The Balaban J connectivity index is 2.10. The van der Waals surface area contributed by atoms with Crippen molar-refractivity contribution < 1.29 is 14.2 Å². The summed E-state index contributed by atoms with van der Waals surface area (Å²) in [6.07, 6.45) is 1.42. The molecule has 0 radical (unpaired) electrons. The van der Waals surface area contributed by atoms with Gasteiger partial charge in [0.1, 0.15) is 0 Å². The van der Waals surface area contributed by atoms with Crippen molar-refractivity contribution in [2.75, 3.05) is 19.7 Å². The molecule has 0 saturated carbocycles. The molecule has 4 heteroatoms. The molecule has 3 nitrogen and oxygen atoms in total. The maximum absolute atomic E-state index is 13.7. The number of aliphatic hydroxyl groups is 1. The number of benzene rings is 1. The molecule has 2 unspecified atom stereocenters. The molecule has 1 saturated heterocycles. The maximum atomic E-state index is 13.7. The highest BCUT2D eigenvalue weighted by molar-refractivity contribution is 5.30. The smallest absolute Gasteiger partial charge is 0.165 e. The third kappa shape index (κ3) is 3.00. The SMILES string of the molecule is CCOc1ccc(C(O)C2CCCNC2)cc1F. The predicted octanol–water partition coefficient (Wildman–Crippen LogP) is 2.26. The van der Waals surface area contributed by atoms with Crippen molar-refractivity contribution in [3.05, 3.63) is 29.6 Å². The molecule has 2 N–H and O–H groups in total. The van der Waals surface area contributed by atoms with Crippen LogP contribution in [0.15, 0.2) is 18.2 Å². The Labute approximate surface area is 107 Å². The zero-order valence-corrected chi connectivity index (χ0v) is 10.7. The molecule has 1 aliphatic heterocycles. The Morgan fingerprint density at radius 3 is 3.00 bits per heavy atom. The molecule has 2 rings (SSSR count). The summed E-state index contributed by atoms with van der Waals surface area (Å²) in [6.45, 7) is 4.04. The monoisotopic (exact) mass is 253 g/mol. The second-order valence-electron chi connectivity index (χ2n) is 4.67. The number of halogens is 1. The lowest BCUT2D eigenvalue weighted by atomic mass is 9.89. The summed E-state index contributed by atoms with van der Waals surface area (Å²) < 4.78 is 18.9. The molecule has 0 amide bonds. The Bertz CT molecular complexity index is 391. The molecule has 1 aromatic carbocycles. The molecule has 0 aliphatic carbocycles. The fourth-order valence-electron chi connectivity index (χ4n) is 2.39. The van der Waals surface area contributed by atoms with Crippen molar-refractivity contribution in [2.45, 2.75) is 25.9 Å². The van der Waals surface area contributed by atoms with Gasteiger partial charge in [0.25, 0.3) is 0 Å². The van der Waals surface area contributed by atoms with Gasteiger partial charge >= 0.3 is 0 Å². The average molecular weight is 253 g/mol. The topological polar surface area (TPSA) is 41.5 Å². The Morgan fingerprint density at radius 2 is 2.39 bits per heavy atom. The molecule has 0 spiro atoms. The second kappa shape index (κ2) is 6.16. The van der Waals surface area contributed by atoms with Crippen molar-refractivity contribution >= 4 is 0 Å². The van der Waals surface area contributed by atoms with Crippen LogP contribution in [-0.4, -0.2) is 24.8 Å². The lowest BCUT2D eigenvalue weighted by molar-refractivity contribution is 0.0918. The van der Waals surface area contributed by atoms with Gasteiger partial charge in [0.2, 0.25) is 0 Å². The first-order valence-electron chi connectivity index (χ1n) is 6.53. The summed E-state index contributed by atoms with van der Waals surface area (Å²) in [5.41, 5.74) is 0.629. The zero-order chi connectivity index (χ0) is 13.0. The molecule has 100 valence electrons. The number of ether oxygens (including phenoxy) is 1. The van der Waals surface area contributed by atoms with E-state index in [4.69, 9.17) is 4.74 Å². The van der Waals surface area contributed by atoms with Gasteiger partial charge < -0.3 is 15.2 Å². The van der Waals surface area contributed by atoms with Gasteiger partial charge in [-0.25, -0.2) is 4.39 Å². The average Bonchev–Trinajstić information content (AvgIpc) is 2.41. The maximum Gasteiger partial charge on any atom is 0.165 e. The van der Waals surface area contributed by atoms with Crippen LogP contribution in [0.2, 0.25) is 0 Å². The van der Waals surface area contributed by atoms with Gasteiger partial charge in [-0.15, -0.1) is 0 Å². The van der Waals surface area contributed by atoms with E-state index in [1.54, 1.807) is 12.1 Å². The van der Waals surface area contributed by atoms with Crippen LogP contribution in [0.1, 0.15) is 31.4 Å². The molecule has 1 aliphatic rings. The van der Waals surface area contributed by atoms with Crippen LogP contribution >= 0.6 is 0 Å². The first kappa shape index (κ1) is 13.3. The van der Waals surface area contributed by atoms with E-state index < -0.39 is 11.9 Å². The predicted molar refractivity (Wildman–Crippen MR) is 68.1 cm³/mol. The van der Waals surface area contributed by atoms with Crippen LogP contribution in [0.4, 0.5) is 4.39 Å². The van der Waals surface area contributed by atoms with Crippen LogP contribution in [-0.2, 0) is 0 Å². The van der Waals surface area contributed by atoms with Crippen LogP contribution in [0.5, 0.6) is 5.75 Å². The van der Waals surface area contributed by atoms with E-state index in [0.29, 0.717) is 12.2 Å². The lowest BCUT2D eigenvalue weighted by Crippen LogP contribution is -2.33. The van der Waals surface area contributed by atoms with Crippen LogP contribution in [0, 0.1) is 11.7 Å². The standard InChI is InChI=1S/C14H20FNO2/c1-2-18-13-6-5-10(8-12(13)15)14(17)11-4-3-7-16-9-11/h5-6,8,11,14,16-17H,2-4,7,9H2,1H3. The molecule has 1 heterocycles. The van der Waals surface area contributed by atoms with Gasteiger partial charge in [-0.05, 0) is 44.0 Å². The molecule has 2 atom stereocenters. The number of nitrogens with one attached hydrogen (secondary N) is 1. The largest absolute Gasteiger partial charge is 0.491 e. The molecule has 1 aromatic rings. The fraction of sp³-hybridized carbons (Fsp3) is 0.571. The highest BCUT2D eigenvalue weighted by Gasteiger charge is 2.23. The van der Waals surface area contributed by atoms with E-state index in [1.165, 1.54) is 6.07 Å². The zero-order valence-electron chi connectivity index (χ0n) is 10.7. The molecular formula is C14H20FNO2. The normalized spacial score (nSPS) is 21.6. The molecular weight excluding hydrogens is 233 g/mol. The number of rotatable bonds is 4. The Hall–Kier alpha value is -1.13. The van der Waals surface area contributed by atoms with Crippen LogP contribution in [0.25, 0.3) is 0 Å². The van der Waals surface area contributed by atoms with Crippen LogP contribution < -0.4 is 10.1 Å². The van der Waals surface area contributed by atoms with E-state index in [-0.39, 0.29) is 11.7 Å². The van der Waals surface area contributed by atoms with Crippen molar-refractivity contribution in [1.82, 2.24) is 5.32 Å². The third-order valence-electron chi connectivity index (χ3n) is 3.38. The van der Waals surface area contributed by atoms with Crippen molar-refractivity contribution in [3.63, 3.8) is 0 Å². The third-order valence-corrected chi connectivity index (χ3v) is 3.38. The van der Waals surface area contributed by atoms with Gasteiger partial charge in [-0.2, -0.15) is 0 Å². The van der Waals surface area contributed by atoms with Crippen molar-refractivity contribution in [2.24, 2.45) is 5.92 Å². The number of aliphatic hydroxyl groups excluding tert-OH is 1. The Kier molecular flexibility index (Phi) is 4.55. The van der Waals surface area contributed by atoms with E-state index in [2.05, 4.69) is 5.32 Å². The second-order valence-corrected chi connectivity index (χ2v) is 4.67. The van der Waals surface area contributed by atoms with Gasteiger partial charge in [-0.3, -0.25) is 0 Å². The van der Waals surface area contributed by atoms with Gasteiger partial charge in [0.05, 0.1) is 12.7 Å². The summed E-state index contributed by atoms with van der Waals surface area (Å²) in [7, 11) is 0. The minimum atomic E-state index is -0.608. The van der Waals surface area contributed by atoms with Gasteiger partial charge in [0.15, 0.2) is 11.6 Å².